The van der Waals surface area contributed by atoms with Crippen molar-refractivity contribution in [3.63, 3.8) is 0 Å². The van der Waals surface area contributed by atoms with Crippen LogP contribution in [0.3, 0.4) is 0 Å². The van der Waals surface area contributed by atoms with Crippen LogP contribution in [0.25, 0.3) is 0 Å². The molecule has 2 atom stereocenters. The zero-order chi connectivity index (χ0) is 20.9. The van der Waals surface area contributed by atoms with E-state index >= 15 is 0 Å². The third kappa shape index (κ3) is 6.20. The van der Waals surface area contributed by atoms with Gasteiger partial charge < -0.3 is 15.0 Å². The third-order valence-corrected chi connectivity index (χ3v) is 6.36. The molecule has 28 heavy (non-hydrogen) atoms. The van der Waals surface area contributed by atoms with E-state index in [1.807, 2.05) is 25.7 Å². The number of aliphatic imine (C=N–C) groups is 1. The number of hydrogen-bond donors (Lipinski definition) is 1. The summed E-state index contributed by atoms with van der Waals surface area (Å²) in [4.78, 5) is 6.21. The van der Waals surface area contributed by atoms with Crippen molar-refractivity contribution in [3.8, 4) is 0 Å². The summed E-state index contributed by atoms with van der Waals surface area (Å²) in [6.07, 6.45) is -4.86. The summed E-state index contributed by atoms with van der Waals surface area (Å²) < 4.78 is 56.5. The number of rotatable bonds is 4. The van der Waals surface area contributed by atoms with Crippen LogP contribution >= 0.6 is 0 Å². The van der Waals surface area contributed by atoms with Gasteiger partial charge in [-0.25, -0.2) is 0 Å². The third-order valence-electron chi connectivity index (χ3n) is 4.42. The van der Waals surface area contributed by atoms with Gasteiger partial charge in [0.2, 0.25) is 0 Å². The van der Waals surface area contributed by atoms with Crippen LogP contribution in [0.2, 0.25) is 0 Å². The van der Waals surface area contributed by atoms with E-state index < -0.39 is 28.6 Å². The Kier molecular flexibility index (Phi) is 7.50. The van der Waals surface area contributed by atoms with Crippen LogP contribution in [0.4, 0.5) is 13.2 Å². The van der Waals surface area contributed by atoms with E-state index in [4.69, 9.17) is 4.74 Å². The number of nitrogens with zero attached hydrogens (tertiary/aromatic N) is 2. The minimum absolute atomic E-state index is 0.279. The molecule has 0 spiro atoms. The summed E-state index contributed by atoms with van der Waals surface area (Å²) in [5.41, 5.74) is -0.193. The summed E-state index contributed by atoms with van der Waals surface area (Å²) in [6.45, 7) is 7.65. The molecule has 0 amide bonds. The number of halogens is 3. The van der Waals surface area contributed by atoms with Gasteiger partial charge in [-0.3, -0.25) is 9.20 Å². The summed E-state index contributed by atoms with van der Waals surface area (Å²) in [7, 11) is 0.675. The van der Waals surface area contributed by atoms with Crippen LogP contribution in [0.15, 0.2) is 29.3 Å². The zero-order valence-electron chi connectivity index (χ0n) is 16.7. The van der Waals surface area contributed by atoms with Gasteiger partial charge in [0.05, 0.1) is 18.7 Å². The molecule has 1 heterocycles. The fourth-order valence-corrected chi connectivity index (χ4v) is 3.75. The van der Waals surface area contributed by atoms with E-state index in [9.17, 15) is 17.4 Å². The van der Waals surface area contributed by atoms with Gasteiger partial charge in [0.15, 0.2) is 5.96 Å². The molecule has 0 bridgehead atoms. The molecule has 2 unspecified atom stereocenters. The fraction of sp³-hybridized carbons (Fsp3) is 0.632. The predicted molar refractivity (Wildman–Crippen MR) is 106 cm³/mol. The van der Waals surface area contributed by atoms with Gasteiger partial charge in [-0.2, -0.15) is 13.2 Å². The smallest absolute Gasteiger partial charge is 0.370 e. The molecule has 1 aromatic carbocycles. The molecule has 0 aromatic heterocycles. The van der Waals surface area contributed by atoms with E-state index in [0.717, 1.165) is 12.1 Å². The van der Waals surface area contributed by atoms with Gasteiger partial charge in [-0.1, -0.05) is 12.1 Å². The molecule has 5 nitrogen and oxygen atoms in total. The van der Waals surface area contributed by atoms with Crippen molar-refractivity contribution in [2.24, 2.45) is 4.99 Å². The minimum atomic E-state index is -4.38. The monoisotopic (exact) mass is 419 g/mol. The lowest BCUT2D eigenvalue weighted by atomic mass is 10.0. The molecule has 1 aliphatic rings. The molecular formula is C19H28F3N3O2S. The maximum Gasteiger partial charge on any atom is 0.416 e. The first kappa shape index (κ1) is 22.7. The highest BCUT2D eigenvalue weighted by atomic mass is 32.2. The molecule has 158 valence electrons. The average Bonchev–Trinajstić information content (AvgIpc) is 2.64. The van der Waals surface area contributed by atoms with Crippen molar-refractivity contribution in [1.29, 1.82) is 0 Å². The Labute approximate surface area is 166 Å². The summed E-state index contributed by atoms with van der Waals surface area (Å²) in [5, 5.41) is 3.20. The van der Waals surface area contributed by atoms with Gasteiger partial charge in [0.1, 0.15) is 6.10 Å². The first-order chi connectivity index (χ1) is 13.0. The molecule has 1 saturated heterocycles. The van der Waals surface area contributed by atoms with Gasteiger partial charge in [0.25, 0.3) is 0 Å². The minimum Gasteiger partial charge on any atom is -0.370 e. The second-order valence-corrected chi connectivity index (χ2v) is 9.89. The highest BCUT2D eigenvalue weighted by Crippen LogP contribution is 2.32. The highest BCUT2D eigenvalue weighted by molar-refractivity contribution is 7.86. The zero-order valence-corrected chi connectivity index (χ0v) is 17.5. The molecule has 1 aliphatic heterocycles. The largest absolute Gasteiger partial charge is 0.416 e. The fourth-order valence-electron chi connectivity index (χ4n) is 2.85. The molecule has 0 aliphatic carbocycles. The van der Waals surface area contributed by atoms with E-state index in [-0.39, 0.29) is 4.75 Å². The lowest BCUT2D eigenvalue weighted by Gasteiger charge is -2.35. The van der Waals surface area contributed by atoms with Crippen LogP contribution in [0, 0.1) is 0 Å². The highest BCUT2D eigenvalue weighted by Gasteiger charge is 2.32. The molecular weight excluding hydrogens is 391 g/mol. The van der Waals surface area contributed by atoms with Gasteiger partial charge >= 0.3 is 6.18 Å². The molecule has 2 rings (SSSR count). The van der Waals surface area contributed by atoms with Gasteiger partial charge in [-0.15, -0.1) is 0 Å². The van der Waals surface area contributed by atoms with Gasteiger partial charge in [0, 0.05) is 41.4 Å². The lowest BCUT2D eigenvalue weighted by Crippen LogP contribution is -2.49. The summed E-state index contributed by atoms with van der Waals surface area (Å²) in [6, 6.07) is 5.23. The van der Waals surface area contributed by atoms with Gasteiger partial charge in [-0.05, 0) is 38.5 Å². The lowest BCUT2D eigenvalue weighted by molar-refractivity contribution is -0.137. The van der Waals surface area contributed by atoms with E-state index in [2.05, 4.69) is 10.3 Å². The standard InChI is InChI=1S/C19H28F3N3O2S/c1-18(2,3)28(26)11-8-24-17(23-4)25-9-10-27-16(13-25)14-6-5-7-15(12-14)19(20,21)22/h5-7,12,16H,8-11,13H2,1-4H3,(H,23,24). The second kappa shape index (κ2) is 9.26. The topological polar surface area (TPSA) is 53.9 Å². The van der Waals surface area contributed by atoms with Crippen LogP contribution in [0.1, 0.15) is 38.0 Å². The number of guanidine groups is 1. The number of morpholine rings is 1. The van der Waals surface area contributed by atoms with Crippen LogP contribution in [-0.2, 0) is 21.7 Å². The Balaban J connectivity index is 2.00. The van der Waals surface area contributed by atoms with Crippen LogP contribution in [-0.4, -0.2) is 58.9 Å². The number of ether oxygens (including phenoxy) is 1. The van der Waals surface area contributed by atoms with Crippen molar-refractivity contribution in [3.05, 3.63) is 35.4 Å². The van der Waals surface area contributed by atoms with E-state index in [1.165, 1.54) is 6.07 Å². The quantitative estimate of drug-likeness (QED) is 0.602. The van der Waals surface area contributed by atoms with E-state index in [1.54, 1.807) is 13.1 Å². The number of nitrogens with one attached hydrogen (secondary N) is 1. The molecule has 1 fully saturated rings. The average molecular weight is 420 g/mol. The van der Waals surface area contributed by atoms with Crippen molar-refractivity contribution in [1.82, 2.24) is 10.2 Å². The SMILES string of the molecule is CN=C(NCCS(=O)C(C)(C)C)N1CCOC(c2cccc(C(F)(F)F)c2)C1. The molecule has 0 saturated carbocycles. The Morgan fingerprint density at radius 3 is 2.68 bits per heavy atom. The Bertz CT molecular complexity index is 717. The first-order valence-electron chi connectivity index (χ1n) is 9.15. The van der Waals surface area contributed by atoms with Crippen LogP contribution in [0.5, 0.6) is 0 Å². The van der Waals surface area contributed by atoms with Crippen molar-refractivity contribution >= 4 is 16.8 Å². The maximum atomic E-state index is 13.0. The molecule has 0 radical (unpaired) electrons. The van der Waals surface area contributed by atoms with Crippen molar-refractivity contribution in [2.45, 2.75) is 37.8 Å². The summed E-state index contributed by atoms with van der Waals surface area (Å²) in [5.74, 6) is 1.12. The Morgan fingerprint density at radius 2 is 2.07 bits per heavy atom. The number of hydrogen-bond acceptors (Lipinski definition) is 3. The Morgan fingerprint density at radius 1 is 1.36 bits per heavy atom. The first-order valence-corrected chi connectivity index (χ1v) is 10.5. The normalized spacial score (nSPS) is 20.2. The predicted octanol–water partition coefficient (Wildman–Crippen LogP) is 3.20. The molecule has 1 aromatic rings. The van der Waals surface area contributed by atoms with Crippen molar-refractivity contribution < 1.29 is 22.1 Å². The molecule has 1 N–H and O–H groups in total. The van der Waals surface area contributed by atoms with Crippen LogP contribution < -0.4 is 5.32 Å². The van der Waals surface area contributed by atoms with Crippen molar-refractivity contribution in [2.75, 3.05) is 39.0 Å². The molecule has 9 heteroatoms. The number of alkyl halides is 3. The maximum absolute atomic E-state index is 13.0. The Hall–Kier alpha value is -1.61. The number of benzene rings is 1. The summed E-state index contributed by atoms with van der Waals surface area (Å²) >= 11 is 0. The second-order valence-electron chi connectivity index (χ2n) is 7.56. The van der Waals surface area contributed by atoms with E-state index in [0.29, 0.717) is 43.5 Å².